The quantitative estimate of drug-likeness (QED) is 0.850. The minimum Gasteiger partial charge on any atom is -0.494 e. The lowest BCUT2D eigenvalue weighted by Crippen LogP contribution is -2.49. The largest absolute Gasteiger partial charge is 0.494 e. The van der Waals surface area contributed by atoms with E-state index in [4.69, 9.17) is 14.2 Å². The van der Waals surface area contributed by atoms with Crippen molar-refractivity contribution in [1.82, 2.24) is 9.78 Å². The smallest absolute Gasteiger partial charge is 0.233 e. The summed E-state index contributed by atoms with van der Waals surface area (Å²) in [5.74, 6) is 1.40. The number of para-hydroxylation sites is 2. The summed E-state index contributed by atoms with van der Waals surface area (Å²) in [6.07, 6.45) is 3.67. The summed E-state index contributed by atoms with van der Waals surface area (Å²) in [5.41, 5.74) is 0.498. The average Bonchev–Trinajstić information content (AvgIpc) is 2.92. The van der Waals surface area contributed by atoms with Crippen LogP contribution in [0.3, 0.4) is 0 Å². The molecule has 3 rings (SSSR count). The van der Waals surface area contributed by atoms with Gasteiger partial charge in [0.15, 0.2) is 0 Å². The molecular formula is C19H26N2O3. The minimum absolute atomic E-state index is 0.0877. The molecule has 1 aromatic heterocycles. The molecule has 0 spiro atoms. The zero-order valence-electron chi connectivity index (χ0n) is 15.1. The van der Waals surface area contributed by atoms with Gasteiger partial charge in [0.05, 0.1) is 18.3 Å². The van der Waals surface area contributed by atoms with Gasteiger partial charge < -0.3 is 14.2 Å². The van der Waals surface area contributed by atoms with Crippen molar-refractivity contribution < 1.29 is 14.2 Å². The van der Waals surface area contributed by atoms with Gasteiger partial charge in [-0.3, -0.25) is 0 Å². The monoisotopic (exact) mass is 330 g/mol. The molecule has 1 saturated heterocycles. The number of benzene rings is 1. The minimum atomic E-state index is -0.197. The molecule has 130 valence electrons. The first-order valence-corrected chi connectivity index (χ1v) is 8.34. The number of nitrogens with zero attached hydrogens (tertiary/aromatic N) is 2. The SMILES string of the molecule is COc1ccccc1-n1ccc(OC2CC(C)(C)OC(C)(C)C2)n1. The molecule has 5 nitrogen and oxygen atoms in total. The Kier molecular flexibility index (Phi) is 4.30. The molecule has 2 aromatic rings. The molecule has 2 heterocycles. The van der Waals surface area contributed by atoms with Gasteiger partial charge in [0.25, 0.3) is 0 Å². The number of hydrogen-bond donors (Lipinski definition) is 0. The van der Waals surface area contributed by atoms with Gasteiger partial charge in [-0.15, -0.1) is 5.10 Å². The Hall–Kier alpha value is -2.01. The molecule has 5 heteroatoms. The van der Waals surface area contributed by atoms with E-state index < -0.39 is 0 Å². The van der Waals surface area contributed by atoms with Gasteiger partial charge in [0, 0.05) is 25.1 Å². The molecule has 1 aliphatic heterocycles. The van der Waals surface area contributed by atoms with Gasteiger partial charge in [-0.2, -0.15) is 0 Å². The van der Waals surface area contributed by atoms with Crippen molar-refractivity contribution in [2.75, 3.05) is 7.11 Å². The fraction of sp³-hybridized carbons (Fsp3) is 0.526. The van der Waals surface area contributed by atoms with E-state index in [0.29, 0.717) is 5.88 Å². The highest BCUT2D eigenvalue weighted by molar-refractivity contribution is 5.46. The second kappa shape index (κ2) is 6.13. The fourth-order valence-corrected chi connectivity index (χ4v) is 3.58. The lowest BCUT2D eigenvalue weighted by atomic mass is 9.87. The maximum atomic E-state index is 6.15. The highest BCUT2D eigenvalue weighted by atomic mass is 16.5. The number of aromatic nitrogens is 2. The lowest BCUT2D eigenvalue weighted by Gasteiger charge is -2.44. The molecule has 0 unspecified atom stereocenters. The van der Waals surface area contributed by atoms with Crippen LogP contribution in [0.4, 0.5) is 0 Å². The van der Waals surface area contributed by atoms with Crippen molar-refractivity contribution in [1.29, 1.82) is 0 Å². The first-order chi connectivity index (χ1) is 11.3. The van der Waals surface area contributed by atoms with Crippen molar-refractivity contribution in [3.63, 3.8) is 0 Å². The second-order valence-electron chi connectivity index (χ2n) is 7.54. The third kappa shape index (κ3) is 3.73. The molecule has 1 fully saturated rings. The molecule has 0 radical (unpaired) electrons. The van der Waals surface area contributed by atoms with Gasteiger partial charge in [-0.1, -0.05) is 12.1 Å². The van der Waals surface area contributed by atoms with E-state index in [0.717, 1.165) is 24.3 Å². The second-order valence-corrected chi connectivity index (χ2v) is 7.54. The maximum Gasteiger partial charge on any atom is 0.233 e. The normalized spacial score (nSPS) is 19.9. The number of ether oxygens (including phenoxy) is 3. The molecule has 0 N–H and O–H groups in total. The van der Waals surface area contributed by atoms with Gasteiger partial charge in [-0.05, 0) is 39.8 Å². The van der Waals surface area contributed by atoms with Gasteiger partial charge in [0.1, 0.15) is 17.5 Å². The third-order valence-electron chi connectivity index (χ3n) is 4.18. The Labute approximate surface area is 143 Å². The topological polar surface area (TPSA) is 45.5 Å². The van der Waals surface area contributed by atoms with Crippen LogP contribution in [0.5, 0.6) is 11.6 Å². The van der Waals surface area contributed by atoms with Crippen LogP contribution >= 0.6 is 0 Å². The van der Waals surface area contributed by atoms with Crippen molar-refractivity contribution in [2.45, 2.75) is 57.8 Å². The molecule has 1 aromatic carbocycles. The molecule has 0 bridgehead atoms. The fourth-order valence-electron chi connectivity index (χ4n) is 3.58. The summed E-state index contributed by atoms with van der Waals surface area (Å²) in [7, 11) is 1.66. The van der Waals surface area contributed by atoms with Crippen LogP contribution < -0.4 is 9.47 Å². The Morgan fingerprint density at radius 1 is 1.08 bits per heavy atom. The molecule has 1 aliphatic rings. The molecule has 0 atom stereocenters. The molecule has 0 amide bonds. The van der Waals surface area contributed by atoms with Crippen LogP contribution in [0.25, 0.3) is 5.69 Å². The first kappa shape index (κ1) is 16.8. The van der Waals surface area contributed by atoms with E-state index in [2.05, 4.69) is 32.8 Å². The Morgan fingerprint density at radius 3 is 2.42 bits per heavy atom. The Bertz CT molecular complexity index is 690. The van der Waals surface area contributed by atoms with E-state index in [1.165, 1.54) is 0 Å². The van der Waals surface area contributed by atoms with Gasteiger partial charge in [-0.25, -0.2) is 4.68 Å². The first-order valence-electron chi connectivity index (χ1n) is 8.34. The lowest BCUT2D eigenvalue weighted by molar-refractivity contribution is -0.182. The highest BCUT2D eigenvalue weighted by Crippen LogP contribution is 2.36. The average molecular weight is 330 g/mol. The predicted octanol–water partition coefficient (Wildman–Crippen LogP) is 4.00. The maximum absolute atomic E-state index is 6.15. The summed E-state index contributed by atoms with van der Waals surface area (Å²) in [6, 6.07) is 9.68. The van der Waals surface area contributed by atoms with Crippen LogP contribution in [0.15, 0.2) is 36.5 Å². The van der Waals surface area contributed by atoms with Crippen LogP contribution in [-0.4, -0.2) is 34.2 Å². The summed E-state index contributed by atoms with van der Waals surface area (Å²) in [5, 5.41) is 4.55. The van der Waals surface area contributed by atoms with Gasteiger partial charge >= 0.3 is 0 Å². The van der Waals surface area contributed by atoms with E-state index in [1.54, 1.807) is 11.8 Å². The number of methoxy groups -OCH3 is 1. The van der Waals surface area contributed by atoms with Crippen molar-refractivity contribution in [2.24, 2.45) is 0 Å². The summed E-state index contributed by atoms with van der Waals surface area (Å²) in [4.78, 5) is 0. The molecule has 0 aliphatic carbocycles. The predicted molar refractivity (Wildman–Crippen MR) is 93.0 cm³/mol. The van der Waals surface area contributed by atoms with Crippen molar-refractivity contribution in [3.8, 4) is 17.3 Å². The zero-order chi connectivity index (χ0) is 17.4. The van der Waals surface area contributed by atoms with Crippen LogP contribution in [0.1, 0.15) is 40.5 Å². The number of hydrogen-bond acceptors (Lipinski definition) is 4. The van der Waals surface area contributed by atoms with E-state index in [1.807, 2.05) is 36.5 Å². The summed E-state index contributed by atoms with van der Waals surface area (Å²) >= 11 is 0. The Morgan fingerprint density at radius 2 is 1.75 bits per heavy atom. The highest BCUT2D eigenvalue weighted by Gasteiger charge is 2.40. The van der Waals surface area contributed by atoms with E-state index >= 15 is 0 Å². The van der Waals surface area contributed by atoms with E-state index in [9.17, 15) is 0 Å². The van der Waals surface area contributed by atoms with Crippen LogP contribution in [-0.2, 0) is 4.74 Å². The summed E-state index contributed by atoms with van der Waals surface area (Å²) in [6.45, 7) is 8.44. The molecule has 0 saturated carbocycles. The standard InChI is InChI=1S/C19H26N2O3/c1-18(2)12-14(13-19(3,4)24-18)23-17-10-11-21(20-17)15-8-6-7-9-16(15)22-5/h6-11,14H,12-13H2,1-5H3. The van der Waals surface area contributed by atoms with Crippen molar-refractivity contribution >= 4 is 0 Å². The number of rotatable bonds is 4. The molecular weight excluding hydrogens is 304 g/mol. The van der Waals surface area contributed by atoms with E-state index in [-0.39, 0.29) is 17.3 Å². The van der Waals surface area contributed by atoms with Gasteiger partial charge in [0.2, 0.25) is 5.88 Å². The zero-order valence-corrected chi connectivity index (χ0v) is 15.1. The Balaban J connectivity index is 1.77. The van der Waals surface area contributed by atoms with Crippen molar-refractivity contribution in [3.05, 3.63) is 36.5 Å². The molecule has 24 heavy (non-hydrogen) atoms. The van der Waals surface area contributed by atoms with Crippen LogP contribution in [0.2, 0.25) is 0 Å². The summed E-state index contributed by atoms with van der Waals surface area (Å²) < 4.78 is 19.4. The van der Waals surface area contributed by atoms with Crippen LogP contribution in [0, 0.1) is 0 Å². The third-order valence-corrected chi connectivity index (χ3v) is 4.18.